The fraction of sp³-hybridized carbons (Fsp3) is 0.333. The van der Waals surface area contributed by atoms with E-state index in [4.69, 9.17) is 5.26 Å². The Morgan fingerprint density at radius 1 is 1.67 bits per heavy atom. The molecule has 0 fully saturated rings. The molecule has 9 heavy (non-hydrogen) atoms. The molecule has 3 nitrogen and oxygen atoms in total. The molecule has 46 valence electrons. The number of nitrogens with one attached hydrogen (secondary N) is 1. The van der Waals surface area contributed by atoms with Gasteiger partial charge >= 0.3 is 0 Å². The molecule has 0 aromatic rings. The van der Waals surface area contributed by atoms with Crippen LogP contribution in [0.25, 0.3) is 0 Å². The van der Waals surface area contributed by atoms with Crippen molar-refractivity contribution in [3.63, 3.8) is 0 Å². The van der Waals surface area contributed by atoms with Crippen molar-refractivity contribution in [3.8, 4) is 6.07 Å². The SMILES string of the molecule is N#CC1=NCC=CCN1. The van der Waals surface area contributed by atoms with Gasteiger partial charge in [0.25, 0.3) is 0 Å². The summed E-state index contributed by atoms with van der Waals surface area (Å²) < 4.78 is 0. The van der Waals surface area contributed by atoms with Crippen molar-refractivity contribution in [2.24, 2.45) is 4.99 Å². The lowest BCUT2D eigenvalue weighted by molar-refractivity contribution is 1.05. The van der Waals surface area contributed by atoms with E-state index in [-0.39, 0.29) is 0 Å². The van der Waals surface area contributed by atoms with E-state index in [0.29, 0.717) is 18.9 Å². The van der Waals surface area contributed by atoms with Gasteiger partial charge in [-0.2, -0.15) is 5.26 Å². The molecule has 1 heterocycles. The average Bonchev–Trinajstić information content (AvgIpc) is 2.13. The molecule has 0 aliphatic carbocycles. The molecule has 1 N–H and O–H groups in total. The Hall–Kier alpha value is -1.30. The van der Waals surface area contributed by atoms with Crippen molar-refractivity contribution in [2.45, 2.75) is 0 Å². The first kappa shape index (κ1) is 5.83. The molecule has 0 unspecified atom stereocenters. The third-order valence-electron chi connectivity index (χ3n) is 1.01. The van der Waals surface area contributed by atoms with Gasteiger partial charge in [0, 0.05) is 6.54 Å². The van der Waals surface area contributed by atoms with E-state index >= 15 is 0 Å². The van der Waals surface area contributed by atoms with Gasteiger partial charge in [-0.15, -0.1) is 0 Å². The Morgan fingerprint density at radius 3 is 3.33 bits per heavy atom. The highest BCUT2D eigenvalue weighted by molar-refractivity contribution is 5.96. The van der Waals surface area contributed by atoms with Gasteiger partial charge in [-0.3, -0.25) is 4.99 Å². The van der Waals surface area contributed by atoms with E-state index < -0.39 is 0 Å². The summed E-state index contributed by atoms with van der Waals surface area (Å²) in [4.78, 5) is 3.90. The van der Waals surface area contributed by atoms with E-state index in [9.17, 15) is 0 Å². The second kappa shape index (κ2) is 2.88. The van der Waals surface area contributed by atoms with E-state index in [1.807, 2.05) is 18.2 Å². The highest BCUT2D eigenvalue weighted by atomic mass is 15.0. The van der Waals surface area contributed by atoms with Crippen LogP contribution >= 0.6 is 0 Å². The topological polar surface area (TPSA) is 48.2 Å². The number of hydrogen-bond donors (Lipinski definition) is 1. The van der Waals surface area contributed by atoms with Crippen LogP contribution in [0, 0.1) is 11.3 Å². The van der Waals surface area contributed by atoms with Gasteiger partial charge in [-0.25, -0.2) is 0 Å². The first-order valence-electron chi connectivity index (χ1n) is 2.77. The maximum absolute atomic E-state index is 8.34. The summed E-state index contributed by atoms with van der Waals surface area (Å²) in [7, 11) is 0. The number of amidine groups is 1. The third kappa shape index (κ3) is 1.57. The van der Waals surface area contributed by atoms with Crippen molar-refractivity contribution in [1.82, 2.24) is 5.32 Å². The van der Waals surface area contributed by atoms with Gasteiger partial charge in [0.1, 0.15) is 6.07 Å². The Morgan fingerprint density at radius 2 is 2.56 bits per heavy atom. The minimum atomic E-state index is 0.431. The maximum Gasteiger partial charge on any atom is 0.201 e. The lowest BCUT2D eigenvalue weighted by Gasteiger charge is -1.92. The minimum absolute atomic E-state index is 0.431. The summed E-state index contributed by atoms with van der Waals surface area (Å²) in [6.07, 6.45) is 3.88. The lowest BCUT2D eigenvalue weighted by atomic mass is 10.5. The Balaban J connectivity index is 2.58. The van der Waals surface area contributed by atoms with Crippen molar-refractivity contribution in [2.75, 3.05) is 13.1 Å². The molecule has 0 spiro atoms. The first-order chi connectivity index (χ1) is 4.43. The fourth-order valence-corrected chi connectivity index (χ4v) is 0.588. The quantitative estimate of drug-likeness (QED) is 0.461. The van der Waals surface area contributed by atoms with Crippen LogP contribution in [0.5, 0.6) is 0 Å². The Bertz CT molecular complexity index is 185. The molecule has 0 bridgehead atoms. The molecule has 0 aromatic heterocycles. The summed E-state index contributed by atoms with van der Waals surface area (Å²) in [6, 6.07) is 1.94. The number of rotatable bonds is 0. The summed E-state index contributed by atoms with van der Waals surface area (Å²) in [5.41, 5.74) is 0. The van der Waals surface area contributed by atoms with Crippen molar-refractivity contribution in [3.05, 3.63) is 12.2 Å². The highest BCUT2D eigenvalue weighted by Gasteiger charge is 1.93. The van der Waals surface area contributed by atoms with Crippen molar-refractivity contribution < 1.29 is 0 Å². The summed E-state index contributed by atoms with van der Waals surface area (Å²) in [6.45, 7) is 1.34. The van der Waals surface area contributed by atoms with Crippen LogP contribution in [-0.2, 0) is 0 Å². The number of aliphatic imine (C=N–C) groups is 1. The van der Waals surface area contributed by atoms with E-state index in [1.165, 1.54) is 0 Å². The molecule has 0 amide bonds. The molecule has 1 aliphatic heterocycles. The average molecular weight is 121 g/mol. The van der Waals surface area contributed by atoms with Crippen LogP contribution in [-0.4, -0.2) is 18.9 Å². The first-order valence-corrected chi connectivity index (χ1v) is 2.77. The zero-order chi connectivity index (χ0) is 6.53. The number of nitriles is 1. The fourth-order valence-electron chi connectivity index (χ4n) is 0.588. The van der Waals surface area contributed by atoms with Gasteiger partial charge in [-0.1, -0.05) is 12.2 Å². The van der Waals surface area contributed by atoms with Crippen molar-refractivity contribution in [1.29, 1.82) is 5.26 Å². The number of nitrogens with zero attached hydrogens (tertiary/aromatic N) is 2. The largest absolute Gasteiger partial charge is 0.358 e. The van der Waals surface area contributed by atoms with Crippen LogP contribution < -0.4 is 5.32 Å². The lowest BCUT2D eigenvalue weighted by Crippen LogP contribution is -2.20. The molecule has 0 saturated carbocycles. The predicted molar refractivity (Wildman–Crippen MR) is 35.1 cm³/mol. The maximum atomic E-state index is 8.34. The highest BCUT2D eigenvalue weighted by Crippen LogP contribution is 1.82. The van der Waals surface area contributed by atoms with Crippen LogP contribution in [0.1, 0.15) is 0 Å². The van der Waals surface area contributed by atoms with Crippen LogP contribution in [0.15, 0.2) is 17.1 Å². The zero-order valence-electron chi connectivity index (χ0n) is 4.96. The molecule has 0 aromatic carbocycles. The summed E-state index contributed by atoms with van der Waals surface area (Å²) in [5, 5.41) is 11.2. The second-order valence-corrected chi connectivity index (χ2v) is 1.65. The van der Waals surface area contributed by atoms with Gasteiger partial charge in [-0.05, 0) is 0 Å². The standard InChI is InChI=1S/C6H7N3/c7-5-6-8-3-1-2-4-9-6/h1-2H,3-4H2,(H,8,9). The minimum Gasteiger partial charge on any atom is -0.358 e. The Labute approximate surface area is 53.7 Å². The molecule has 0 radical (unpaired) electrons. The summed E-state index contributed by atoms with van der Waals surface area (Å²) in [5.74, 6) is 0.431. The molecule has 3 heteroatoms. The third-order valence-corrected chi connectivity index (χ3v) is 1.01. The van der Waals surface area contributed by atoms with Gasteiger partial charge in [0.05, 0.1) is 6.54 Å². The van der Waals surface area contributed by atoms with Crippen LogP contribution in [0.4, 0.5) is 0 Å². The molecule has 1 rings (SSSR count). The molecular weight excluding hydrogens is 114 g/mol. The monoisotopic (exact) mass is 121 g/mol. The molecule has 0 atom stereocenters. The van der Waals surface area contributed by atoms with E-state index in [2.05, 4.69) is 10.3 Å². The Kier molecular flexibility index (Phi) is 1.86. The molecular formula is C6H7N3. The summed E-state index contributed by atoms with van der Waals surface area (Å²) >= 11 is 0. The van der Waals surface area contributed by atoms with E-state index in [1.54, 1.807) is 0 Å². The smallest absolute Gasteiger partial charge is 0.201 e. The van der Waals surface area contributed by atoms with Gasteiger partial charge in [0.2, 0.25) is 5.84 Å². The second-order valence-electron chi connectivity index (χ2n) is 1.65. The van der Waals surface area contributed by atoms with Gasteiger partial charge < -0.3 is 5.32 Å². The van der Waals surface area contributed by atoms with E-state index in [0.717, 1.165) is 0 Å². The predicted octanol–water partition coefficient (Wildman–Crippen LogP) is 0.0679. The van der Waals surface area contributed by atoms with Crippen molar-refractivity contribution >= 4 is 5.84 Å². The van der Waals surface area contributed by atoms with Crippen LogP contribution in [0.3, 0.4) is 0 Å². The van der Waals surface area contributed by atoms with Gasteiger partial charge in [0.15, 0.2) is 0 Å². The van der Waals surface area contributed by atoms with Crippen LogP contribution in [0.2, 0.25) is 0 Å². The molecule has 1 aliphatic rings. The molecule has 0 saturated heterocycles. The number of hydrogen-bond acceptors (Lipinski definition) is 3. The zero-order valence-corrected chi connectivity index (χ0v) is 4.96. The normalized spacial score (nSPS) is 17.0.